The lowest BCUT2D eigenvalue weighted by Crippen LogP contribution is -2.46. The summed E-state index contributed by atoms with van der Waals surface area (Å²) in [5.41, 5.74) is 5.43. The third-order valence-electron chi connectivity index (χ3n) is 10.7. The van der Waals surface area contributed by atoms with Gasteiger partial charge >= 0.3 is 0 Å². The van der Waals surface area contributed by atoms with E-state index in [0.717, 1.165) is 60.1 Å². The molecule has 2 amide bonds. The number of rotatable bonds is 6. The van der Waals surface area contributed by atoms with Crippen LogP contribution in [0.5, 0.6) is 0 Å². The summed E-state index contributed by atoms with van der Waals surface area (Å²) < 4.78 is 0. The van der Waals surface area contributed by atoms with Gasteiger partial charge in [0.25, 0.3) is 0 Å². The molecule has 3 aromatic rings. The number of anilines is 1. The summed E-state index contributed by atoms with van der Waals surface area (Å²) in [5, 5.41) is 12.2. The van der Waals surface area contributed by atoms with Gasteiger partial charge < -0.3 is 15.1 Å². The number of hydrogen-bond acceptors (Lipinski definition) is 9. The summed E-state index contributed by atoms with van der Waals surface area (Å²) in [6.45, 7) is 7.42. The number of hydrogen-bond donors (Lipinski definition) is 2. The van der Waals surface area contributed by atoms with Gasteiger partial charge in [-0.05, 0) is 87.8 Å². The Morgan fingerprint density at radius 2 is 1.68 bits per heavy atom. The molecule has 11 nitrogen and oxygen atoms in total. The van der Waals surface area contributed by atoms with Crippen molar-refractivity contribution in [1.29, 1.82) is 5.41 Å². The number of fused-ring (bicyclic) bond motifs is 1. The maximum Gasteiger partial charge on any atom is 0.242 e. The smallest absolute Gasteiger partial charge is 0.242 e. The van der Waals surface area contributed by atoms with E-state index in [1.54, 1.807) is 28.3 Å². The van der Waals surface area contributed by atoms with Crippen molar-refractivity contribution in [2.75, 3.05) is 25.5 Å². The van der Waals surface area contributed by atoms with Crippen molar-refractivity contribution < 1.29 is 19.2 Å². The second kappa shape index (κ2) is 14.2. The first kappa shape index (κ1) is 35.0. The van der Waals surface area contributed by atoms with Crippen LogP contribution >= 0.6 is 0 Å². The highest BCUT2D eigenvalue weighted by Gasteiger charge is 2.67. The van der Waals surface area contributed by atoms with Gasteiger partial charge in [0.2, 0.25) is 11.8 Å². The van der Waals surface area contributed by atoms with E-state index in [9.17, 15) is 19.2 Å². The molecule has 1 aromatic carbocycles. The fourth-order valence-electron chi connectivity index (χ4n) is 7.79. The zero-order chi connectivity index (χ0) is 35.7. The van der Waals surface area contributed by atoms with Gasteiger partial charge in [0.05, 0.1) is 24.7 Å². The zero-order valence-electron chi connectivity index (χ0n) is 29.8. The number of carbonyl (C=O) groups excluding carboxylic acids is 4. The van der Waals surface area contributed by atoms with E-state index < -0.39 is 6.04 Å². The SMILES string of the molecule is CC(=O)C(=N)c1cc(-c2cnc(C)nc2)cc2c1NCC(=O)N1[C@@H](C(=O)Cc3nc(C)ccc3C)C[C@]3(C[C@@H]13)CN(C)C(=O)CCCCCC2. The Labute approximate surface area is 293 Å². The van der Waals surface area contributed by atoms with Crippen molar-refractivity contribution >= 4 is 34.8 Å². The van der Waals surface area contributed by atoms with Crippen molar-refractivity contribution in [3.63, 3.8) is 0 Å². The van der Waals surface area contributed by atoms with Crippen LogP contribution in [0, 0.1) is 31.6 Å². The molecular weight excluding hydrogens is 630 g/mol. The fraction of sp³-hybridized carbons (Fsp3) is 0.487. The molecule has 2 fully saturated rings. The van der Waals surface area contributed by atoms with E-state index in [0.29, 0.717) is 48.6 Å². The summed E-state index contributed by atoms with van der Waals surface area (Å²) in [6, 6.07) is 6.92. The van der Waals surface area contributed by atoms with Crippen LogP contribution in [0.25, 0.3) is 11.1 Å². The number of nitrogens with zero attached hydrogens (tertiary/aromatic N) is 5. The van der Waals surface area contributed by atoms with E-state index >= 15 is 0 Å². The summed E-state index contributed by atoms with van der Waals surface area (Å²) in [5.74, 6) is 0.0645. The Morgan fingerprint density at radius 3 is 2.40 bits per heavy atom. The van der Waals surface area contributed by atoms with E-state index in [-0.39, 0.29) is 53.5 Å². The van der Waals surface area contributed by atoms with Gasteiger partial charge in [-0.2, -0.15) is 0 Å². The summed E-state index contributed by atoms with van der Waals surface area (Å²) in [6.07, 6.45) is 9.33. The van der Waals surface area contributed by atoms with Gasteiger partial charge in [-0.15, -0.1) is 0 Å². The van der Waals surface area contributed by atoms with Crippen LogP contribution in [0.4, 0.5) is 5.69 Å². The lowest BCUT2D eigenvalue weighted by molar-refractivity contribution is -0.137. The summed E-state index contributed by atoms with van der Waals surface area (Å²) >= 11 is 0. The average molecular weight is 678 g/mol. The number of Topliss-reactive ketones (excluding diaryl/α,β-unsaturated/α-hetero) is 2. The first-order valence-corrected chi connectivity index (χ1v) is 17.7. The third-order valence-corrected chi connectivity index (χ3v) is 10.7. The molecular formula is C39H47N7O4. The van der Waals surface area contributed by atoms with E-state index in [2.05, 4.69) is 20.3 Å². The summed E-state index contributed by atoms with van der Waals surface area (Å²) in [7, 11) is 1.84. The largest absolute Gasteiger partial charge is 0.375 e. The normalized spacial score (nSPS) is 22.7. The molecule has 2 aromatic heterocycles. The van der Waals surface area contributed by atoms with Crippen LogP contribution in [0.3, 0.4) is 0 Å². The summed E-state index contributed by atoms with van der Waals surface area (Å²) in [4.78, 5) is 71.1. The fourth-order valence-corrected chi connectivity index (χ4v) is 7.79. The molecule has 1 aliphatic carbocycles. The van der Waals surface area contributed by atoms with Gasteiger partial charge in [0.15, 0.2) is 11.6 Å². The molecule has 0 unspecified atom stereocenters. The highest BCUT2D eigenvalue weighted by Crippen LogP contribution is 2.60. The van der Waals surface area contributed by atoms with Crippen LogP contribution in [-0.2, 0) is 32.0 Å². The van der Waals surface area contributed by atoms with Gasteiger partial charge in [0.1, 0.15) is 11.5 Å². The van der Waals surface area contributed by atoms with E-state index in [1.807, 2.05) is 46.0 Å². The quantitative estimate of drug-likeness (QED) is 0.348. The number of aryl methyl sites for hydroxylation is 4. The molecule has 2 bridgehead atoms. The minimum absolute atomic E-state index is 0.0566. The molecule has 0 radical (unpaired) electrons. The Bertz CT molecular complexity index is 1860. The molecule has 2 N–H and O–H groups in total. The second-order valence-corrected chi connectivity index (χ2v) is 14.5. The molecule has 6 rings (SSSR count). The molecule has 3 atom stereocenters. The van der Waals surface area contributed by atoms with Gasteiger partial charge in [-0.3, -0.25) is 29.6 Å². The van der Waals surface area contributed by atoms with Crippen molar-refractivity contribution in [2.24, 2.45) is 5.41 Å². The van der Waals surface area contributed by atoms with Crippen LogP contribution in [-0.4, -0.2) is 86.1 Å². The minimum Gasteiger partial charge on any atom is -0.375 e. The monoisotopic (exact) mass is 677 g/mol. The maximum atomic E-state index is 14.3. The third kappa shape index (κ3) is 7.22. The van der Waals surface area contributed by atoms with E-state index in [4.69, 9.17) is 5.41 Å². The second-order valence-electron chi connectivity index (χ2n) is 14.5. The molecule has 3 aliphatic rings. The number of piperidine rings is 1. The van der Waals surface area contributed by atoms with Crippen LogP contribution in [0.1, 0.15) is 85.8 Å². The molecule has 1 saturated carbocycles. The molecule has 0 spiro atoms. The minimum atomic E-state index is -0.634. The van der Waals surface area contributed by atoms with Crippen molar-refractivity contribution in [2.45, 2.75) is 97.6 Å². The molecule has 2 aliphatic heterocycles. The number of pyridine rings is 1. The van der Waals surface area contributed by atoms with Gasteiger partial charge in [-0.1, -0.05) is 18.9 Å². The number of carbonyl (C=O) groups is 4. The van der Waals surface area contributed by atoms with Crippen molar-refractivity contribution in [3.8, 4) is 11.1 Å². The first-order valence-electron chi connectivity index (χ1n) is 17.7. The lowest BCUT2D eigenvalue weighted by Gasteiger charge is -2.28. The molecule has 262 valence electrons. The van der Waals surface area contributed by atoms with Crippen LogP contribution in [0.15, 0.2) is 36.7 Å². The average Bonchev–Trinajstić information content (AvgIpc) is 3.67. The Kier molecular flexibility index (Phi) is 9.96. The molecule has 4 heterocycles. The predicted octanol–water partition coefficient (Wildman–Crippen LogP) is 4.97. The standard InChI is InChI=1S/C39H47N7O4/c1-23-12-13-24(2)44-31(23)16-33(48)32-17-39-18-34(39)46(32)36(50)21-43-38-27(10-8-6-7-9-11-35(49)45(5)22-39)14-28(15-30(38)37(40)25(3)47)29-19-41-26(4)42-20-29/h12-15,19-20,32,34,40,43H,6-11,16-18,21-22H2,1-5H3/t32-,34-,39+/m1/s1. The first-order chi connectivity index (χ1) is 23.9. The predicted molar refractivity (Wildman–Crippen MR) is 191 cm³/mol. The highest BCUT2D eigenvalue weighted by molar-refractivity contribution is 6.45. The molecule has 1 saturated heterocycles. The van der Waals surface area contributed by atoms with Gasteiger partial charge in [-0.25, -0.2) is 9.97 Å². The lowest BCUT2D eigenvalue weighted by atomic mass is 9.92. The molecule has 11 heteroatoms. The Balaban J connectivity index is 1.36. The number of amides is 2. The molecule has 50 heavy (non-hydrogen) atoms. The number of nitrogens with one attached hydrogen (secondary N) is 2. The van der Waals surface area contributed by atoms with Crippen LogP contribution < -0.4 is 5.32 Å². The van der Waals surface area contributed by atoms with Crippen molar-refractivity contribution in [3.05, 3.63) is 70.6 Å². The van der Waals surface area contributed by atoms with Crippen LogP contribution in [0.2, 0.25) is 0 Å². The maximum absolute atomic E-state index is 14.3. The zero-order valence-corrected chi connectivity index (χ0v) is 29.8. The number of aromatic nitrogens is 3. The number of ketones is 2. The Morgan fingerprint density at radius 1 is 0.960 bits per heavy atom. The highest BCUT2D eigenvalue weighted by atomic mass is 16.2. The van der Waals surface area contributed by atoms with Gasteiger partial charge in [0, 0.05) is 73.3 Å². The number of benzene rings is 1. The topological polar surface area (TPSA) is 149 Å². The Hall–Kier alpha value is -4.80. The van der Waals surface area contributed by atoms with Crippen molar-refractivity contribution in [1.82, 2.24) is 24.8 Å². The van der Waals surface area contributed by atoms with E-state index in [1.165, 1.54) is 6.92 Å².